The van der Waals surface area contributed by atoms with E-state index in [4.69, 9.17) is 25.5 Å². The molecule has 9 heteroatoms. The van der Waals surface area contributed by atoms with Crippen molar-refractivity contribution in [3.05, 3.63) is 80.9 Å². The molecule has 0 saturated heterocycles. The van der Waals surface area contributed by atoms with Crippen LogP contribution >= 0.6 is 11.6 Å². The molecular formula is C28H32ClN3O5. The molecule has 0 amide bonds. The van der Waals surface area contributed by atoms with Gasteiger partial charge in [0.1, 0.15) is 42.1 Å². The summed E-state index contributed by atoms with van der Waals surface area (Å²) < 4.78 is 18.6. The Kier molecular flexibility index (Phi) is 9.19. The molecule has 0 aliphatic heterocycles. The predicted octanol–water partition coefficient (Wildman–Crippen LogP) is 5.49. The van der Waals surface area contributed by atoms with Crippen LogP contribution < -0.4 is 15.1 Å². The molecule has 1 N–H and O–H groups in total. The molecule has 0 saturated carbocycles. The van der Waals surface area contributed by atoms with Crippen LogP contribution in [0.2, 0.25) is 5.02 Å². The lowest BCUT2D eigenvalue weighted by molar-refractivity contribution is 0.0888. The first kappa shape index (κ1) is 26.7. The fraction of sp³-hybridized carbons (Fsp3) is 0.393. The van der Waals surface area contributed by atoms with E-state index in [1.165, 1.54) is 6.42 Å². The van der Waals surface area contributed by atoms with E-state index in [1.807, 2.05) is 19.1 Å². The number of aromatic nitrogens is 3. The van der Waals surface area contributed by atoms with Crippen molar-refractivity contribution >= 4 is 22.6 Å². The number of fused-ring (bicyclic) bond motifs is 1. The molecule has 0 aliphatic carbocycles. The van der Waals surface area contributed by atoms with Crippen molar-refractivity contribution in [3.63, 3.8) is 0 Å². The van der Waals surface area contributed by atoms with E-state index in [-0.39, 0.29) is 25.4 Å². The molecule has 0 bridgehead atoms. The summed E-state index contributed by atoms with van der Waals surface area (Å²) >= 11 is 5.88. The average Bonchev–Trinajstić information content (AvgIpc) is 3.33. The van der Waals surface area contributed by atoms with Crippen molar-refractivity contribution in [2.24, 2.45) is 0 Å². The van der Waals surface area contributed by atoms with Gasteiger partial charge in [0.25, 0.3) is 0 Å². The number of aliphatic hydroxyl groups excluding tert-OH is 1. The molecule has 0 fully saturated rings. The van der Waals surface area contributed by atoms with E-state index in [0.29, 0.717) is 27.8 Å². The Hall–Kier alpha value is -3.36. The minimum Gasteiger partial charge on any atom is -0.491 e. The minimum atomic E-state index is -0.818. The average molecular weight is 526 g/mol. The van der Waals surface area contributed by atoms with Gasteiger partial charge in [0.05, 0.1) is 12.7 Å². The third kappa shape index (κ3) is 7.33. The highest BCUT2D eigenvalue weighted by atomic mass is 35.5. The Morgan fingerprint density at radius 2 is 1.86 bits per heavy atom. The molecule has 1 atom stereocenters. The second kappa shape index (κ2) is 12.7. The molecule has 0 aliphatic rings. The monoisotopic (exact) mass is 525 g/mol. The topological polar surface area (TPSA) is 99.6 Å². The van der Waals surface area contributed by atoms with E-state index in [2.05, 4.69) is 17.2 Å². The number of unbranched alkanes of at least 4 members (excludes halogenated alkanes) is 3. The number of ether oxygens (including phenoxy) is 2. The predicted molar refractivity (Wildman–Crippen MR) is 142 cm³/mol. The number of hydrogen-bond acceptors (Lipinski definition) is 7. The number of halogens is 1. The zero-order valence-electron chi connectivity index (χ0n) is 21.2. The molecule has 8 nitrogen and oxygen atoms in total. The SMILES string of the molecule is CCCCCCc1c(C)c2ccc(OCC(O)Cn3cc(COc4ccc(Cl)cc4)nn3)cc2oc1=O. The molecule has 2 aromatic carbocycles. The maximum Gasteiger partial charge on any atom is 0.339 e. The second-order valence-corrected chi connectivity index (χ2v) is 9.54. The highest BCUT2D eigenvalue weighted by Gasteiger charge is 2.13. The molecule has 0 radical (unpaired) electrons. The molecule has 2 heterocycles. The zero-order valence-corrected chi connectivity index (χ0v) is 21.9. The van der Waals surface area contributed by atoms with Gasteiger partial charge in [0.2, 0.25) is 0 Å². The summed E-state index contributed by atoms with van der Waals surface area (Å²) in [5.74, 6) is 1.19. The zero-order chi connectivity index (χ0) is 26.2. The van der Waals surface area contributed by atoms with E-state index in [1.54, 1.807) is 41.2 Å². The van der Waals surface area contributed by atoms with E-state index in [0.717, 1.165) is 42.2 Å². The van der Waals surface area contributed by atoms with E-state index in [9.17, 15) is 9.90 Å². The molecule has 4 aromatic rings. The van der Waals surface area contributed by atoms with Gasteiger partial charge in [0.15, 0.2) is 0 Å². The van der Waals surface area contributed by atoms with Gasteiger partial charge in [-0.05, 0) is 61.7 Å². The lowest BCUT2D eigenvalue weighted by Gasteiger charge is -2.13. The normalized spacial score (nSPS) is 12.1. The van der Waals surface area contributed by atoms with Crippen LogP contribution in [0.3, 0.4) is 0 Å². The molecule has 1 unspecified atom stereocenters. The van der Waals surface area contributed by atoms with E-state index >= 15 is 0 Å². The van der Waals surface area contributed by atoms with Gasteiger partial charge in [-0.3, -0.25) is 0 Å². The maximum atomic E-state index is 12.6. The summed E-state index contributed by atoms with van der Waals surface area (Å²) in [4.78, 5) is 12.6. The number of aryl methyl sites for hydroxylation is 1. The molecule has 2 aromatic heterocycles. The number of aliphatic hydroxyl groups is 1. The Morgan fingerprint density at radius 1 is 1.08 bits per heavy atom. The van der Waals surface area contributed by atoms with Crippen LogP contribution in [0.4, 0.5) is 0 Å². The van der Waals surface area contributed by atoms with Gasteiger partial charge in [0, 0.05) is 22.0 Å². The van der Waals surface area contributed by atoms with Gasteiger partial charge < -0.3 is 19.0 Å². The molecule has 37 heavy (non-hydrogen) atoms. The lowest BCUT2D eigenvalue weighted by atomic mass is 10.0. The van der Waals surface area contributed by atoms with Crippen LogP contribution in [0.1, 0.15) is 49.4 Å². The van der Waals surface area contributed by atoms with Crippen molar-refractivity contribution in [2.75, 3.05) is 6.61 Å². The van der Waals surface area contributed by atoms with Crippen molar-refractivity contribution in [2.45, 2.75) is 65.2 Å². The first-order valence-electron chi connectivity index (χ1n) is 12.6. The largest absolute Gasteiger partial charge is 0.491 e. The number of nitrogens with zero attached hydrogens (tertiary/aromatic N) is 3. The van der Waals surface area contributed by atoms with E-state index < -0.39 is 6.10 Å². The molecule has 4 rings (SSSR count). The van der Waals surface area contributed by atoms with Gasteiger partial charge >= 0.3 is 5.63 Å². The Morgan fingerprint density at radius 3 is 2.65 bits per heavy atom. The van der Waals surface area contributed by atoms with Crippen LogP contribution in [0.15, 0.2) is 57.9 Å². The Bertz CT molecular complexity index is 1370. The highest BCUT2D eigenvalue weighted by Crippen LogP contribution is 2.25. The summed E-state index contributed by atoms with van der Waals surface area (Å²) in [5.41, 5.74) is 2.52. The smallest absolute Gasteiger partial charge is 0.339 e. The van der Waals surface area contributed by atoms with Gasteiger partial charge in [-0.15, -0.1) is 5.10 Å². The fourth-order valence-electron chi connectivity index (χ4n) is 4.12. The first-order chi connectivity index (χ1) is 17.9. The van der Waals surface area contributed by atoms with Gasteiger partial charge in [-0.1, -0.05) is 43.0 Å². The third-order valence-electron chi connectivity index (χ3n) is 6.17. The highest BCUT2D eigenvalue weighted by molar-refractivity contribution is 6.30. The number of benzene rings is 2. The van der Waals surface area contributed by atoms with Crippen molar-refractivity contribution in [1.29, 1.82) is 0 Å². The van der Waals surface area contributed by atoms with Crippen LogP contribution in [0.5, 0.6) is 11.5 Å². The molecule has 196 valence electrons. The molecular weight excluding hydrogens is 494 g/mol. The molecule has 0 spiro atoms. The van der Waals surface area contributed by atoms with Crippen molar-refractivity contribution in [1.82, 2.24) is 15.0 Å². The third-order valence-corrected chi connectivity index (χ3v) is 6.42. The minimum absolute atomic E-state index is 0.0424. The summed E-state index contributed by atoms with van der Waals surface area (Å²) in [5, 5.41) is 20.1. The van der Waals surface area contributed by atoms with Gasteiger partial charge in [-0.2, -0.15) is 0 Å². The first-order valence-corrected chi connectivity index (χ1v) is 12.9. The van der Waals surface area contributed by atoms with Crippen LogP contribution in [0.25, 0.3) is 11.0 Å². The lowest BCUT2D eigenvalue weighted by Crippen LogP contribution is -2.24. The standard InChI is InChI=1S/C28H32ClN3O5/c1-3-4-5-6-7-26-19(2)25-13-12-24(14-27(25)37-28(26)34)36-18-22(33)16-32-15-21(30-31-32)17-35-23-10-8-20(29)9-11-23/h8-15,22,33H,3-7,16-18H2,1-2H3. The summed E-state index contributed by atoms with van der Waals surface area (Å²) in [6, 6.07) is 12.5. The maximum absolute atomic E-state index is 12.6. The van der Waals surface area contributed by atoms with Crippen molar-refractivity contribution in [3.8, 4) is 11.5 Å². The van der Waals surface area contributed by atoms with Gasteiger partial charge in [-0.25, -0.2) is 9.48 Å². The number of rotatable bonds is 13. The summed E-state index contributed by atoms with van der Waals surface area (Å²) in [7, 11) is 0. The second-order valence-electron chi connectivity index (χ2n) is 9.10. The fourth-order valence-corrected chi connectivity index (χ4v) is 4.25. The van der Waals surface area contributed by atoms with Crippen LogP contribution in [0, 0.1) is 6.92 Å². The van der Waals surface area contributed by atoms with Crippen LogP contribution in [-0.2, 0) is 19.6 Å². The Labute approximate surface area is 220 Å². The van der Waals surface area contributed by atoms with Crippen LogP contribution in [-0.4, -0.2) is 32.8 Å². The summed E-state index contributed by atoms with van der Waals surface area (Å²) in [6.07, 6.45) is 6.03. The Balaban J connectivity index is 1.30. The summed E-state index contributed by atoms with van der Waals surface area (Å²) in [6.45, 7) is 4.62. The number of hydrogen-bond donors (Lipinski definition) is 1. The quantitative estimate of drug-likeness (QED) is 0.182. The van der Waals surface area contributed by atoms with Crippen molar-refractivity contribution < 1.29 is 19.0 Å².